The van der Waals surface area contributed by atoms with E-state index in [1.165, 1.54) is 0 Å². The molecule has 0 aromatic heterocycles. The van der Waals surface area contributed by atoms with Crippen LogP contribution in [0.5, 0.6) is 11.5 Å². The van der Waals surface area contributed by atoms with Crippen LogP contribution in [-0.4, -0.2) is 29.8 Å². The monoisotopic (exact) mass is 458 g/mol. The van der Waals surface area contributed by atoms with E-state index in [1.54, 1.807) is 24.3 Å². The number of rotatable bonds is 10. The van der Waals surface area contributed by atoms with Crippen LogP contribution in [-0.2, 0) is 14.3 Å². The van der Waals surface area contributed by atoms with Crippen molar-refractivity contribution in [2.75, 3.05) is 17.2 Å². The molecular formula is C26H38N2O5. The second-order valence-corrected chi connectivity index (χ2v) is 7.75. The average molecular weight is 459 g/mol. The van der Waals surface area contributed by atoms with Gasteiger partial charge in [0.1, 0.15) is 11.5 Å². The Morgan fingerprint density at radius 1 is 0.818 bits per heavy atom. The molecule has 2 amide bonds. The Morgan fingerprint density at radius 2 is 1.30 bits per heavy atom. The smallest absolute Gasteiger partial charge is 0.227 e. The Balaban J connectivity index is 0.000000346. The maximum Gasteiger partial charge on any atom is 0.227 e. The van der Waals surface area contributed by atoms with Crippen LogP contribution >= 0.6 is 0 Å². The first-order valence-electron chi connectivity index (χ1n) is 11.5. The number of ether oxygens (including phenoxy) is 2. The van der Waals surface area contributed by atoms with Crippen molar-refractivity contribution in [1.29, 1.82) is 0 Å². The molecule has 3 unspecified atom stereocenters. The van der Waals surface area contributed by atoms with Gasteiger partial charge in [0.15, 0.2) is 6.29 Å². The Bertz CT molecular complexity index is 871. The second kappa shape index (κ2) is 14.9. The zero-order valence-corrected chi connectivity index (χ0v) is 20.6. The van der Waals surface area contributed by atoms with E-state index < -0.39 is 0 Å². The number of phenolic OH excluding ortho intramolecular Hbond substituents is 1. The molecule has 0 saturated heterocycles. The molecule has 0 aliphatic carbocycles. The van der Waals surface area contributed by atoms with Crippen molar-refractivity contribution < 1.29 is 24.2 Å². The fourth-order valence-electron chi connectivity index (χ4n) is 2.58. The summed E-state index contributed by atoms with van der Waals surface area (Å²) in [5.41, 5.74) is 1.15. The van der Waals surface area contributed by atoms with Crippen molar-refractivity contribution >= 4 is 23.2 Å². The predicted octanol–water partition coefficient (Wildman–Crippen LogP) is 5.81. The molecule has 0 aliphatic heterocycles. The van der Waals surface area contributed by atoms with Gasteiger partial charge in [0, 0.05) is 18.4 Å². The van der Waals surface area contributed by atoms with Gasteiger partial charge in [-0.15, -0.1) is 0 Å². The van der Waals surface area contributed by atoms with E-state index >= 15 is 0 Å². The molecule has 2 aromatic rings. The lowest BCUT2D eigenvalue weighted by molar-refractivity contribution is -0.120. The first-order valence-corrected chi connectivity index (χ1v) is 11.5. The van der Waals surface area contributed by atoms with Gasteiger partial charge in [0.2, 0.25) is 11.8 Å². The van der Waals surface area contributed by atoms with Crippen LogP contribution in [0.15, 0.2) is 48.5 Å². The predicted molar refractivity (Wildman–Crippen MR) is 132 cm³/mol. The summed E-state index contributed by atoms with van der Waals surface area (Å²) < 4.78 is 11.0. The number of carbonyl (C=O) groups excluding carboxylic acids is 2. The third kappa shape index (κ3) is 9.95. The number of phenols is 1. The minimum absolute atomic E-state index is 0.00242. The maximum atomic E-state index is 11.9. The first-order chi connectivity index (χ1) is 15.7. The molecule has 0 bridgehead atoms. The van der Waals surface area contributed by atoms with Crippen LogP contribution in [0.25, 0.3) is 0 Å². The van der Waals surface area contributed by atoms with Crippen LogP contribution < -0.4 is 15.4 Å². The van der Waals surface area contributed by atoms with E-state index in [0.717, 1.165) is 12.8 Å². The molecule has 0 heterocycles. The van der Waals surface area contributed by atoms with E-state index in [2.05, 4.69) is 10.6 Å². The SMILES string of the molecule is CCC(C)C(=O)Nc1ccccc1O.CCOC(C)Oc1ccccc1NC(=O)C(C)CC. The molecule has 3 N–H and O–H groups in total. The Kier molecular flexibility index (Phi) is 12.6. The van der Waals surface area contributed by atoms with Crippen molar-refractivity contribution in [2.24, 2.45) is 11.8 Å². The normalized spacial score (nSPS) is 13.0. The minimum atomic E-state index is -0.341. The summed E-state index contributed by atoms with van der Waals surface area (Å²) in [5.74, 6) is 0.618. The Labute approximate surface area is 197 Å². The molecule has 2 aromatic carbocycles. The molecule has 7 heteroatoms. The molecule has 182 valence electrons. The van der Waals surface area contributed by atoms with Crippen LogP contribution in [0.4, 0.5) is 11.4 Å². The molecular weight excluding hydrogens is 420 g/mol. The second-order valence-electron chi connectivity index (χ2n) is 7.75. The summed E-state index contributed by atoms with van der Waals surface area (Å²) in [4.78, 5) is 23.4. The van der Waals surface area contributed by atoms with Crippen LogP contribution in [0, 0.1) is 11.8 Å². The molecule has 0 aliphatic rings. The van der Waals surface area contributed by atoms with E-state index in [4.69, 9.17) is 9.47 Å². The number of hydrogen-bond acceptors (Lipinski definition) is 5. The lowest BCUT2D eigenvalue weighted by atomic mass is 10.1. The van der Waals surface area contributed by atoms with Gasteiger partial charge in [0.05, 0.1) is 11.4 Å². The van der Waals surface area contributed by atoms with Gasteiger partial charge >= 0.3 is 0 Å². The third-order valence-electron chi connectivity index (χ3n) is 5.12. The van der Waals surface area contributed by atoms with Crippen molar-refractivity contribution in [2.45, 2.75) is 60.7 Å². The van der Waals surface area contributed by atoms with Crippen molar-refractivity contribution in [3.8, 4) is 11.5 Å². The molecule has 33 heavy (non-hydrogen) atoms. The lowest BCUT2D eigenvalue weighted by Gasteiger charge is -2.18. The third-order valence-corrected chi connectivity index (χ3v) is 5.12. The molecule has 0 spiro atoms. The summed E-state index contributed by atoms with van der Waals surface area (Å²) in [6, 6.07) is 14.1. The Hall–Kier alpha value is -3.06. The van der Waals surface area contributed by atoms with Crippen LogP contribution in [0.1, 0.15) is 54.4 Å². The fourth-order valence-corrected chi connectivity index (χ4v) is 2.58. The van der Waals surface area contributed by atoms with E-state index in [-0.39, 0.29) is 35.7 Å². The van der Waals surface area contributed by atoms with Crippen molar-refractivity contribution in [3.63, 3.8) is 0 Å². The minimum Gasteiger partial charge on any atom is -0.506 e. The molecule has 0 fully saturated rings. The van der Waals surface area contributed by atoms with Gasteiger partial charge in [-0.1, -0.05) is 52.0 Å². The van der Waals surface area contributed by atoms with Crippen molar-refractivity contribution in [3.05, 3.63) is 48.5 Å². The quantitative estimate of drug-likeness (QED) is 0.308. The molecule has 3 atom stereocenters. The van der Waals surface area contributed by atoms with Gasteiger partial charge in [0.25, 0.3) is 0 Å². The van der Waals surface area contributed by atoms with E-state index in [0.29, 0.717) is 23.7 Å². The van der Waals surface area contributed by atoms with E-state index in [1.807, 2.05) is 65.8 Å². The van der Waals surface area contributed by atoms with Gasteiger partial charge in [-0.2, -0.15) is 0 Å². The van der Waals surface area contributed by atoms with Gasteiger partial charge in [-0.25, -0.2) is 0 Å². The molecule has 0 saturated carbocycles. The highest BCUT2D eigenvalue weighted by Gasteiger charge is 2.14. The van der Waals surface area contributed by atoms with Crippen LogP contribution in [0.2, 0.25) is 0 Å². The zero-order chi connectivity index (χ0) is 24.8. The fraction of sp³-hybridized carbons (Fsp3) is 0.462. The molecule has 0 radical (unpaired) electrons. The number of para-hydroxylation sites is 4. The Morgan fingerprint density at radius 3 is 1.82 bits per heavy atom. The lowest BCUT2D eigenvalue weighted by Crippen LogP contribution is -2.21. The highest BCUT2D eigenvalue weighted by Crippen LogP contribution is 2.26. The number of benzene rings is 2. The van der Waals surface area contributed by atoms with Gasteiger partial charge in [-0.05, 0) is 51.0 Å². The highest BCUT2D eigenvalue weighted by molar-refractivity contribution is 5.94. The summed E-state index contributed by atoms with van der Waals surface area (Å²) >= 11 is 0. The largest absolute Gasteiger partial charge is 0.506 e. The standard InChI is InChI=1S/C15H23NO3.C11H15NO2/c1-5-11(3)15(17)16-13-9-7-8-10-14(13)19-12(4)18-6-2;1-3-8(2)11(14)12-9-6-4-5-7-10(9)13/h7-12H,5-6H2,1-4H3,(H,16,17);4-8,13H,3H2,1-2H3,(H,12,14). The summed E-state index contributed by atoms with van der Waals surface area (Å²) in [6.45, 7) is 12.0. The number of anilines is 2. The summed E-state index contributed by atoms with van der Waals surface area (Å²) in [7, 11) is 0. The zero-order valence-electron chi connectivity index (χ0n) is 20.6. The van der Waals surface area contributed by atoms with Crippen molar-refractivity contribution in [1.82, 2.24) is 0 Å². The van der Waals surface area contributed by atoms with Gasteiger partial charge in [-0.3, -0.25) is 9.59 Å². The maximum absolute atomic E-state index is 11.9. The number of nitrogens with one attached hydrogen (secondary N) is 2. The highest BCUT2D eigenvalue weighted by atomic mass is 16.7. The first kappa shape index (κ1) is 28.0. The van der Waals surface area contributed by atoms with E-state index in [9.17, 15) is 14.7 Å². The molecule has 7 nitrogen and oxygen atoms in total. The topological polar surface area (TPSA) is 96.9 Å². The summed E-state index contributed by atoms with van der Waals surface area (Å²) in [5, 5.41) is 15.0. The number of aromatic hydroxyl groups is 1. The van der Waals surface area contributed by atoms with Crippen LogP contribution in [0.3, 0.4) is 0 Å². The number of carbonyl (C=O) groups is 2. The number of amides is 2. The average Bonchev–Trinajstić information content (AvgIpc) is 2.81. The summed E-state index contributed by atoms with van der Waals surface area (Å²) in [6.07, 6.45) is 1.26. The van der Waals surface area contributed by atoms with Gasteiger partial charge < -0.3 is 25.2 Å². The number of hydrogen-bond donors (Lipinski definition) is 3. The molecule has 2 rings (SSSR count).